The molecule has 0 saturated carbocycles. The summed E-state index contributed by atoms with van der Waals surface area (Å²) in [4.78, 5) is 4.41. The lowest BCUT2D eigenvalue weighted by atomic mass is 10.1. The standard InChI is InChI=1S/C11H11N3/c1-8-13-10-7-9(5-6-12)3-4-11(10)14(8)2/h3-4,7H,5H2,1-2H3. The highest BCUT2D eigenvalue weighted by atomic mass is 15.0. The quantitative estimate of drug-likeness (QED) is 0.681. The Morgan fingerprint density at radius 1 is 1.50 bits per heavy atom. The largest absolute Gasteiger partial charge is 0.331 e. The molecule has 1 heterocycles. The molecular formula is C11H11N3. The minimum Gasteiger partial charge on any atom is -0.331 e. The van der Waals surface area contributed by atoms with Crippen LogP contribution >= 0.6 is 0 Å². The second-order valence-electron chi connectivity index (χ2n) is 3.38. The molecule has 0 aliphatic heterocycles. The smallest absolute Gasteiger partial charge is 0.106 e. The van der Waals surface area contributed by atoms with Crippen molar-refractivity contribution in [2.75, 3.05) is 0 Å². The van der Waals surface area contributed by atoms with Gasteiger partial charge < -0.3 is 4.57 Å². The van der Waals surface area contributed by atoms with Crippen LogP contribution in [0.3, 0.4) is 0 Å². The minimum absolute atomic E-state index is 0.450. The zero-order chi connectivity index (χ0) is 10.1. The first kappa shape index (κ1) is 8.76. The second-order valence-corrected chi connectivity index (χ2v) is 3.38. The van der Waals surface area contributed by atoms with E-state index in [2.05, 4.69) is 11.1 Å². The molecule has 1 aromatic heterocycles. The van der Waals surface area contributed by atoms with E-state index in [1.807, 2.05) is 36.7 Å². The topological polar surface area (TPSA) is 41.6 Å². The molecule has 3 nitrogen and oxygen atoms in total. The van der Waals surface area contributed by atoms with Gasteiger partial charge in [-0.1, -0.05) is 6.07 Å². The molecule has 0 aliphatic rings. The summed E-state index contributed by atoms with van der Waals surface area (Å²) in [7, 11) is 1.99. The molecule has 0 spiro atoms. The van der Waals surface area contributed by atoms with Crippen molar-refractivity contribution < 1.29 is 0 Å². The Balaban J connectivity index is 2.63. The fraction of sp³-hybridized carbons (Fsp3) is 0.273. The molecule has 2 aromatic rings. The van der Waals surface area contributed by atoms with Gasteiger partial charge in [0.1, 0.15) is 5.82 Å². The number of nitriles is 1. The second kappa shape index (κ2) is 3.15. The van der Waals surface area contributed by atoms with Gasteiger partial charge in [-0.2, -0.15) is 5.26 Å². The van der Waals surface area contributed by atoms with E-state index in [0.29, 0.717) is 6.42 Å². The zero-order valence-corrected chi connectivity index (χ0v) is 8.28. The predicted molar refractivity (Wildman–Crippen MR) is 54.8 cm³/mol. The maximum atomic E-state index is 8.58. The van der Waals surface area contributed by atoms with Gasteiger partial charge in [0.05, 0.1) is 23.5 Å². The van der Waals surface area contributed by atoms with Crippen molar-refractivity contribution in [1.29, 1.82) is 5.26 Å². The van der Waals surface area contributed by atoms with E-state index in [9.17, 15) is 0 Å². The van der Waals surface area contributed by atoms with E-state index < -0.39 is 0 Å². The average Bonchev–Trinajstić information content (AvgIpc) is 2.43. The van der Waals surface area contributed by atoms with Crippen LogP contribution in [0.4, 0.5) is 0 Å². The summed E-state index contributed by atoms with van der Waals surface area (Å²) in [5.41, 5.74) is 3.11. The predicted octanol–water partition coefficient (Wildman–Crippen LogP) is 1.95. The van der Waals surface area contributed by atoms with Crippen LogP contribution in [0.5, 0.6) is 0 Å². The normalized spacial score (nSPS) is 10.4. The van der Waals surface area contributed by atoms with Crippen molar-refractivity contribution in [3.63, 3.8) is 0 Å². The van der Waals surface area contributed by atoms with Gasteiger partial charge in [-0.3, -0.25) is 0 Å². The van der Waals surface area contributed by atoms with Gasteiger partial charge >= 0.3 is 0 Å². The molecule has 0 fully saturated rings. The van der Waals surface area contributed by atoms with Gasteiger partial charge in [0.25, 0.3) is 0 Å². The van der Waals surface area contributed by atoms with Crippen molar-refractivity contribution in [3.8, 4) is 6.07 Å². The highest BCUT2D eigenvalue weighted by molar-refractivity contribution is 5.76. The first-order valence-corrected chi connectivity index (χ1v) is 4.51. The summed E-state index contributed by atoms with van der Waals surface area (Å²) in [5, 5.41) is 8.58. The lowest BCUT2D eigenvalue weighted by Gasteiger charge is -1.97. The summed E-state index contributed by atoms with van der Waals surface area (Å²) in [6.45, 7) is 1.98. The fourth-order valence-corrected chi connectivity index (χ4v) is 1.57. The van der Waals surface area contributed by atoms with Crippen molar-refractivity contribution in [2.45, 2.75) is 13.3 Å². The highest BCUT2D eigenvalue weighted by Gasteiger charge is 2.03. The Morgan fingerprint density at radius 3 is 3.00 bits per heavy atom. The number of benzene rings is 1. The Morgan fingerprint density at radius 2 is 2.29 bits per heavy atom. The van der Waals surface area contributed by atoms with Crippen LogP contribution in [0, 0.1) is 18.3 Å². The summed E-state index contributed by atoms with van der Waals surface area (Å²) in [6.07, 6.45) is 0.450. The molecule has 14 heavy (non-hydrogen) atoms. The minimum atomic E-state index is 0.450. The number of aryl methyl sites for hydroxylation is 2. The van der Waals surface area contributed by atoms with Gasteiger partial charge in [-0.05, 0) is 24.6 Å². The number of fused-ring (bicyclic) bond motifs is 1. The third-order valence-electron chi connectivity index (χ3n) is 2.45. The Hall–Kier alpha value is -1.82. The van der Waals surface area contributed by atoms with E-state index in [1.54, 1.807) is 0 Å². The molecule has 2 rings (SSSR count). The van der Waals surface area contributed by atoms with Crippen LogP contribution in [0.2, 0.25) is 0 Å². The van der Waals surface area contributed by atoms with E-state index in [4.69, 9.17) is 5.26 Å². The van der Waals surface area contributed by atoms with E-state index >= 15 is 0 Å². The number of rotatable bonds is 1. The summed E-state index contributed by atoms with van der Waals surface area (Å²) in [6, 6.07) is 8.11. The molecule has 0 unspecified atom stereocenters. The molecule has 1 aromatic carbocycles. The van der Waals surface area contributed by atoms with Gasteiger partial charge in [0, 0.05) is 7.05 Å². The van der Waals surface area contributed by atoms with Crippen molar-refractivity contribution in [3.05, 3.63) is 29.6 Å². The maximum Gasteiger partial charge on any atom is 0.106 e. The molecular weight excluding hydrogens is 174 g/mol. The lowest BCUT2D eigenvalue weighted by molar-refractivity contribution is 0.886. The number of aromatic nitrogens is 2. The Kier molecular flexibility index (Phi) is 1.97. The number of hydrogen-bond acceptors (Lipinski definition) is 2. The van der Waals surface area contributed by atoms with Crippen molar-refractivity contribution >= 4 is 11.0 Å². The van der Waals surface area contributed by atoms with Crippen LogP contribution in [-0.2, 0) is 13.5 Å². The van der Waals surface area contributed by atoms with Gasteiger partial charge in [-0.25, -0.2) is 4.98 Å². The zero-order valence-electron chi connectivity index (χ0n) is 8.28. The van der Waals surface area contributed by atoms with Gasteiger partial charge in [0.15, 0.2) is 0 Å². The van der Waals surface area contributed by atoms with E-state index in [-0.39, 0.29) is 0 Å². The molecule has 0 bridgehead atoms. The van der Waals surface area contributed by atoms with Crippen LogP contribution in [0.1, 0.15) is 11.4 Å². The monoisotopic (exact) mass is 185 g/mol. The van der Waals surface area contributed by atoms with Crippen LogP contribution in [0.25, 0.3) is 11.0 Å². The molecule has 0 N–H and O–H groups in total. The van der Waals surface area contributed by atoms with Crippen LogP contribution in [0.15, 0.2) is 18.2 Å². The average molecular weight is 185 g/mol. The number of imidazole rings is 1. The fourth-order valence-electron chi connectivity index (χ4n) is 1.57. The van der Waals surface area contributed by atoms with Gasteiger partial charge in [0.2, 0.25) is 0 Å². The van der Waals surface area contributed by atoms with Crippen molar-refractivity contribution in [1.82, 2.24) is 9.55 Å². The molecule has 3 heteroatoms. The Bertz CT molecular complexity index is 517. The molecule has 0 radical (unpaired) electrons. The molecule has 0 atom stereocenters. The van der Waals surface area contributed by atoms with Gasteiger partial charge in [-0.15, -0.1) is 0 Å². The van der Waals surface area contributed by atoms with E-state index in [0.717, 1.165) is 22.4 Å². The lowest BCUT2D eigenvalue weighted by Crippen LogP contribution is -1.90. The van der Waals surface area contributed by atoms with Crippen LogP contribution in [-0.4, -0.2) is 9.55 Å². The summed E-state index contributed by atoms with van der Waals surface area (Å²) >= 11 is 0. The van der Waals surface area contributed by atoms with Crippen molar-refractivity contribution in [2.24, 2.45) is 7.05 Å². The third kappa shape index (κ3) is 1.25. The summed E-state index contributed by atoms with van der Waals surface area (Å²) in [5.74, 6) is 0.995. The first-order valence-electron chi connectivity index (χ1n) is 4.51. The third-order valence-corrected chi connectivity index (χ3v) is 2.45. The highest BCUT2D eigenvalue weighted by Crippen LogP contribution is 2.16. The first-order chi connectivity index (χ1) is 6.72. The molecule has 0 aliphatic carbocycles. The maximum absolute atomic E-state index is 8.58. The van der Waals surface area contributed by atoms with Crippen LogP contribution < -0.4 is 0 Å². The van der Waals surface area contributed by atoms with E-state index in [1.165, 1.54) is 0 Å². The number of nitrogens with zero attached hydrogens (tertiary/aromatic N) is 3. The molecule has 70 valence electrons. The molecule has 0 amide bonds. The molecule has 0 saturated heterocycles. The Labute approximate surface area is 82.6 Å². The summed E-state index contributed by atoms with van der Waals surface area (Å²) < 4.78 is 2.05. The number of hydrogen-bond donors (Lipinski definition) is 0. The SMILES string of the molecule is Cc1nc2cc(CC#N)ccc2n1C.